The second-order valence-electron chi connectivity index (χ2n) is 3.79. The van der Waals surface area contributed by atoms with Crippen LogP contribution in [0.3, 0.4) is 0 Å². The molecule has 2 rings (SSSR count). The summed E-state index contributed by atoms with van der Waals surface area (Å²) < 4.78 is 31.4. The lowest BCUT2D eigenvalue weighted by molar-refractivity contribution is 0.1000. The molecule has 2 aromatic carbocycles. The molecule has 0 atom stereocenters. The van der Waals surface area contributed by atoms with Crippen LogP contribution < -0.4 is 16.2 Å². The van der Waals surface area contributed by atoms with Crippen molar-refractivity contribution in [3.8, 4) is 11.5 Å². The Labute approximate surface area is 107 Å². The molecular formula is C13H10F2N2O2. The Bertz CT molecular complexity index is 645. The summed E-state index contributed by atoms with van der Waals surface area (Å²) >= 11 is 0. The van der Waals surface area contributed by atoms with Gasteiger partial charge in [-0.15, -0.1) is 0 Å². The summed E-state index contributed by atoms with van der Waals surface area (Å²) in [5.74, 6) is -2.38. The maximum absolute atomic E-state index is 13.4. The first-order chi connectivity index (χ1) is 8.97. The number of hydrogen-bond donors (Lipinski definition) is 2. The van der Waals surface area contributed by atoms with E-state index in [-0.39, 0.29) is 22.7 Å². The SMILES string of the molecule is NC(=O)c1ccc(N)c(Oc2ccc(F)cc2F)c1. The summed E-state index contributed by atoms with van der Waals surface area (Å²) in [5, 5.41) is 0. The minimum absolute atomic E-state index is 0.0711. The van der Waals surface area contributed by atoms with Gasteiger partial charge in [-0.2, -0.15) is 0 Å². The van der Waals surface area contributed by atoms with Gasteiger partial charge in [-0.3, -0.25) is 4.79 Å². The largest absolute Gasteiger partial charge is 0.452 e. The average molecular weight is 264 g/mol. The number of nitrogen functional groups attached to an aromatic ring is 1. The van der Waals surface area contributed by atoms with Crippen molar-refractivity contribution in [1.82, 2.24) is 0 Å². The highest BCUT2D eigenvalue weighted by molar-refractivity contribution is 5.93. The van der Waals surface area contributed by atoms with E-state index in [1.54, 1.807) is 0 Å². The van der Waals surface area contributed by atoms with Gasteiger partial charge in [0.15, 0.2) is 17.3 Å². The molecule has 0 unspecified atom stereocenters. The molecule has 0 saturated carbocycles. The van der Waals surface area contributed by atoms with Crippen molar-refractivity contribution in [3.63, 3.8) is 0 Å². The monoisotopic (exact) mass is 264 g/mol. The van der Waals surface area contributed by atoms with Crippen molar-refractivity contribution in [2.75, 3.05) is 5.73 Å². The first-order valence-corrected chi connectivity index (χ1v) is 5.29. The number of hydrogen-bond acceptors (Lipinski definition) is 3. The second kappa shape index (κ2) is 4.93. The van der Waals surface area contributed by atoms with Gasteiger partial charge in [0.1, 0.15) is 5.82 Å². The molecule has 0 heterocycles. The van der Waals surface area contributed by atoms with Crippen molar-refractivity contribution < 1.29 is 18.3 Å². The summed E-state index contributed by atoms with van der Waals surface area (Å²) in [5.41, 5.74) is 11.1. The quantitative estimate of drug-likeness (QED) is 0.836. The summed E-state index contributed by atoms with van der Waals surface area (Å²) in [4.78, 5) is 11.0. The lowest BCUT2D eigenvalue weighted by atomic mass is 10.2. The van der Waals surface area contributed by atoms with Crippen molar-refractivity contribution >= 4 is 11.6 Å². The maximum atomic E-state index is 13.4. The van der Waals surface area contributed by atoms with Crippen molar-refractivity contribution in [1.29, 1.82) is 0 Å². The summed E-state index contributed by atoms with van der Waals surface area (Å²) in [6.07, 6.45) is 0. The van der Waals surface area contributed by atoms with Crippen molar-refractivity contribution in [2.45, 2.75) is 0 Å². The molecule has 1 amide bonds. The Kier molecular flexibility index (Phi) is 3.33. The van der Waals surface area contributed by atoms with E-state index < -0.39 is 17.5 Å². The van der Waals surface area contributed by atoms with Crippen LogP contribution in [0.2, 0.25) is 0 Å². The van der Waals surface area contributed by atoms with Crippen molar-refractivity contribution in [2.24, 2.45) is 5.73 Å². The van der Waals surface area contributed by atoms with Crippen LogP contribution >= 0.6 is 0 Å². The molecule has 0 aliphatic carbocycles. The number of benzene rings is 2. The maximum Gasteiger partial charge on any atom is 0.248 e. The molecule has 6 heteroatoms. The van der Waals surface area contributed by atoms with Crippen LogP contribution in [0.5, 0.6) is 11.5 Å². The lowest BCUT2D eigenvalue weighted by Crippen LogP contribution is -2.11. The van der Waals surface area contributed by atoms with E-state index in [1.807, 2.05) is 0 Å². The normalized spacial score (nSPS) is 10.2. The van der Waals surface area contributed by atoms with Gasteiger partial charge >= 0.3 is 0 Å². The summed E-state index contributed by atoms with van der Waals surface area (Å²) in [7, 11) is 0. The van der Waals surface area contributed by atoms with E-state index >= 15 is 0 Å². The van der Waals surface area contributed by atoms with Gasteiger partial charge in [-0.05, 0) is 30.3 Å². The zero-order valence-electron chi connectivity index (χ0n) is 9.69. The minimum Gasteiger partial charge on any atom is -0.452 e. The third-order valence-electron chi connectivity index (χ3n) is 2.41. The van der Waals surface area contributed by atoms with Crippen LogP contribution in [0.25, 0.3) is 0 Å². The molecule has 0 saturated heterocycles. The number of anilines is 1. The van der Waals surface area contributed by atoms with Crippen LogP contribution in [0, 0.1) is 11.6 Å². The molecule has 4 N–H and O–H groups in total. The van der Waals surface area contributed by atoms with Gasteiger partial charge in [0.2, 0.25) is 5.91 Å². The number of amides is 1. The Hall–Kier alpha value is -2.63. The van der Waals surface area contributed by atoms with Gasteiger partial charge < -0.3 is 16.2 Å². The molecule has 0 radical (unpaired) electrons. The molecular weight excluding hydrogens is 254 g/mol. The fraction of sp³-hybridized carbons (Fsp3) is 0. The van der Waals surface area contributed by atoms with Gasteiger partial charge in [0.05, 0.1) is 5.69 Å². The summed E-state index contributed by atoms with van der Waals surface area (Å²) in [6.45, 7) is 0. The van der Waals surface area contributed by atoms with E-state index in [0.29, 0.717) is 6.07 Å². The van der Waals surface area contributed by atoms with Crippen LogP contribution in [0.15, 0.2) is 36.4 Å². The van der Waals surface area contributed by atoms with Gasteiger partial charge in [-0.25, -0.2) is 8.78 Å². The van der Waals surface area contributed by atoms with E-state index in [0.717, 1.165) is 12.1 Å². The first-order valence-electron chi connectivity index (χ1n) is 5.29. The van der Waals surface area contributed by atoms with Crippen LogP contribution in [-0.2, 0) is 0 Å². The van der Waals surface area contributed by atoms with Crippen LogP contribution in [0.4, 0.5) is 14.5 Å². The van der Waals surface area contributed by atoms with Crippen LogP contribution in [0.1, 0.15) is 10.4 Å². The second-order valence-corrected chi connectivity index (χ2v) is 3.79. The molecule has 19 heavy (non-hydrogen) atoms. The highest BCUT2D eigenvalue weighted by Crippen LogP contribution is 2.30. The molecule has 0 spiro atoms. The smallest absolute Gasteiger partial charge is 0.248 e. The number of carbonyl (C=O) groups excluding carboxylic acids is 1. The first kappa shape index (κ1) is 12.8. The van der Waals surface area contributed by atoms with Gasteiger partial charge in [0.25, 0.3) is 0 Å². The molecule has 0 aromatic heterocycles. The third kappa shape index (κ3) is 2.79. The standard InChI is InChI=1S/C13H10F2N2O2/c14-8-2-4-11(9(15)6-8)19-12-5-7(13(17)18)1-3-10(12)16/h1-6H,16H2,(H2,17,18). The van der Waals surface area contributed by atoms with Gasteiger partial charge in [0, 0.05) is 11.6 Å². The number of ether oxygens (including phenoxy) is 1. The molecule has 98 valence electrons. The zero-order chi connectivity index (χ0) is 14.0. The fourth-order valence-corrected chi connectivity index (χ4v) is 1.45. The predicted octanol–water partition coefficient (Wildman–Crippen LogP) is 2.44. The Morgan fingerprint density at radius 3 is 2.42 bits per heavy atom. The van der Waals surface area contributed by atoms with E-state index in [4.69, 9.17) is 16.2 Å². The Balaban J connectivity index is 2.37. The topological polar surface area (TPSA) is 78.3 Å². The Morgan fingerprint density at radius 1 is 1.05 bits per heavy atom. The van der Waals surface area contributed by atoms with E-state index in [1.165, 1.54) is 18.2 Å². The molecule has 2 aromatic rings. The highest BCUT2D eigenvalue weighted by atomic mass is 19.1. The third-order valence-corrected chi connectivity index (χ3v) is 2.41. The number of carbonyl (C=O) groups is 1. The number of nitrogens with two attached hydrogens (primary N) is 2. The molecule has 4 nitrogen and oxygen atoms in total. The van der Waals surface area contributed by atoms with Crippen molar-refractivity contribution in [3.05, 3.63) is 53.6 Å². The highest BCUT2D eigenvalue weighted by Gasteiger charge is 2.10. The van der Waals surface area contributed by atoms with E-state index in [9.17, 15) is 13.6 Å². The van der Waals surface area contributed by atoms with E-state index in [2.05, 4.69) is 0 Å². The predicted molar refractivity (Wildman–Crippen MR) is 65.8 cm³/mol. The summed E-state index contributed by atoms with van der Waals surface area (Å²) in [6, 6.07) is 6.99. The number of primary amides is 1. The van der Waals surface area contributed by atoms with Gasteiger partial charge in [-0.1, -0.05) is 0 Å². The lowest BCUT2D eigenvalue weighted by Gasteiger charge is -2.10. The molecule has 0 aliphatic heterocycles. The Morgan fingerprint density at radius 2 is 1.79 bits per heavy atom. The minimum atomic E-state index is -0.871. The van der Waals surface area contributed by atoms with Crippen LogP contribution in [-0.4, -0.2) is 5.91 Å². The zero-order valence-corrected chi connectivity index (χ0v) is 9.69. The fourth-order valence-electron chi connectivity index (χ4n) is 1.45. The number of halogens is 2. The average Bonchev–Trinajstić information content (AvgIpc) is 2.34. The number of rotatable bonds is 3. The molecule has 0 bridgehead atoms. The molecule has 0 aliphatic rings. The molecule has 0 fully saturated rings.